The van der Waals surface area contributed by atoms with Gasteiger partial charge >= 0.3 is 132 Å². The van der Waals surface area contributed by atoms with Crippen LogP contribution in [0.1, 0.15) is 4.28 Å². The number of hydrogen-bond acceptors (Lipinski definition) is 1. The Hall–Kier alpha value is 4.02. The van der Waals surface area contributed by atoms with Crippen LogP contribution in [0.4, 0.5) is 0 Å². The normalized spacial score (nSPS) is 0.600. The molecule has 0 heterocycles. The molecule has 0 radical (unpaired) electrons. The molecule has 0 aromatic carbocycles. The molecule has 0 bridgehead atoms. The van der Waals surface area contributed by atoms with Gasteiger partial charge in [0.05, 0.1) is 0 Å². The number of hydrogen-bond donors (Lipinski definition) is 0. The Labute approximate surface area is 132 Å². The second kappa shape index (κ2) is 24.5. The van der Waals surface area contributed by atoms with Gasteiger partial charge in [0.15, 0.2) is 0 Å². The van der Waals surface area contributed by atoms with E-state index in [-0.39, 0.29) is 115 Å². The zero-order chi connectivity index (χ0) is 2.00. The van der Waals surface area contributed by atoms with E-state index in [9.17, 15) is 0 Å². The first-order valence-corrected chi connectivity index (χ1v) is 0.753. The molecule has 0 aromatic heterocycles. The minimum atomic E-state index is 0. The summed E-state index contributed by atoms with van der Waals surface area (Å²) in [5.41, 5.74) is 0. The molecule has 0 aliphatic heterocycles. The van der Waals surface area contributed by atoms with Gasteiger partial charge in [-0.25, -0.2) is 0 Å². The average molecular weight is 155 g/mol. The summed E-state index contributed by atoms with van der Waals surface area (Å²) in [6.45, 7) is 0. The maximum atomic E-state index is 8.19. The molecule has 17 valence electrons. The van der Waals surface area contributed by atoms with E-state index in [1.165, 1.54) is 0 Å². The van der Waals surface area contributed by atoms with E-state index in [4.69, 9.17) is 3.67 Å². The Balaban J connectivity index is -0.000000000333. The van der Waals surface area contributed by atoms with E-state index in [0.717, 1.165) is 17.4 Å². The molecule has 0 fully saturated rings. The van der Waals surface area contributed by atoms with Crippen molar-refractivity contribution in [2.45, 2.75) is 0 Å². The van der Waals surface area contributed by atoms with Gasteiger partial charge in [0.2, 0.25) is 0 Å². The van der Waals surface area contributed by atoms with Crippen molar-refractivity contribution in [3.8, 4) is 0 Å². The molecule has 0 saturated carbocycles. The van der Waals surface area contributed by atoms with Crippen molar-refractivity contribution in [2.24, 2.45) is 0 Å². The summed E-state index contributed by atoms with van der Waals surface area (Å²) in [5.74, 6) is 0. The second-order valence-electron chi connectivity index (χ2n) is 0. The van der Waals surface area contributed by atoms with E-state index in [1.54, 1.807) is 0 Å². The molecule has 0 N–H and O–H groups in total. The van der Waals surface area contributed by atoms with Crippen molar-refractivity contribution in [1.82, 2.24) is 0 Å². The fourth-order valence-electron chi connectivity index (χ4n) is 0. The fraction of sp³-hybridized carbons (Fsp3) is 0. The molecule has 0 unspecified atom stereocenters. The molecule has 0 aliphatic rings. The average Bonchev–Trinajstić information content (AvgIpc) is 1.00. The fourth-order valence-corrected chi connectivity index (χ4v) is 0. The van der Waals surface area contributed by atoms with Crippen LogP contribution in [0.25, 0.3) is 0 Å². The van der Waals surface area contributed by atoms with Gasteiger partial charge < -0.3 is 4.28 Å². The van der Waals surface area contributed by atoms with E-state index >= 15 is 0 Å². The van der Waals surface area contributed by atoms with Crippen molar-refractivity contribution < 1.29 is 136 Å². The van der Waals surface area contributed by atoms with Crippen molar-refractivity contribution in [3.63, 3.8) is 0 Å². The standard InChI is InChI=1S/K.2Na.O.V.3H/q3*+1;;;3*-1. The third kappa shape index (κ3) is 18.0. The molecule has 0 saturated heterocycles. The summed E-state index contributed by atoms with van der Waals surface area (Å²) in [7, 11) is 0. The summed E-state index contributed by atoms with van der Waals surface area (Å²) in [6.07, 6.45) is 0. The zero-order valence-electron chi connectivity index (χ0n) is 6.86. The van der Waals surface area contributed by atoms with Crippen LogP contribution >= 0.6 is 0 Å². The SMILES string of the molecule is [H-].[H-].[H-].[K+].[Na+].[Na+].[O]=[V]. The van der Waals surface area contributed by atoms with E-state index in [1.807, 2.05) is 0 Å². The van der Waals surface area contributed by atoms with Gasteiger partial charge in [0, 0.05) is 0 Å². The van der Waals surface area contributed by atoms with E-state index in [2.05, 4.69) is 0 Å². The summed E-state index contributed by atoms with van der Waals surface area (Å²) in [6, 6.07) is 0. The first-order chi connectivity index (χ1) is 1.00. The predicted octanol–water partition coefficient (Wildman–Crippen LogP) is -8.77. The molecule has 0 amide bonds. The molecule has 0 aromatic rings. The van der Waals surface area contributed by atoms with Crippen molar-refractivity contribution in [3.05, 3.63) is 0 Å². The summed E-state index contributed by atoms with van der Waals surface area (Å²) in [5, 5.41) is 0. The Kier molecular flexibility index (Phi) is 113. The van der Waals surface area contributed by atoms with Crippen molar-refractivity contribution >= 4 is 0 Å². The summed E-state index contributed by atoms with van der Waals surface area (Å²) >= 11 is 1.06. The van der Waals surface area contributed by atoms with Gasteiger partial charge in [-0.15, -0.1) is 0 Å². The first-order valence-electron chi connectivity index (χ1n) is 0.183. The van der Waals surface area contributed by atoms with Crippen molar-refractivity contribution in [1.29, 1.82) is 0 Å². The van der Waals surface area contributed by atoms with E-state index in [0.29, 0.717) is 0 Å². The monoisotopic (exact) mass is 155 g/mol. The van der Waals surface area contributed by atoms with Gasteiger partial charge in [-0.1, -0.05) is 0 Å². The quantitative estimate of drug-likeness (QED) is 0.317. The van der Waals surface area contributed by atoms with Gasteiger partial charge in [-0.2, -0.15) is 0 Å². The summed E-state index contributed by atoms with van der Waals surface area (Å²) in [4.78, 5) is 0. The Morgan fingerprint density at radius 1 is 1.20 bits per heavy atom. The molecular formula is H3KNa2OV. The molecule has 0 aliphatic carbocycles. The predicted molar refractivity (Wildman–Crippen MR) is 4.02 cm³/mol. The molecule has 5 heavy (non-hydrogen) atoms. The molecule has 0 atom stereocenters. The van der Waals surface area contributed by atoms with Crippen LogP contribution in [0.2, 0.25) is 0 Å². The second-order valence-corrected chi connectivity index (χ2v) is 0. The molecule has 0 rings (SSSR count). The topological polar surface area (TPSA) is 17.1 Å². The molecule has 5 heteroatoms. The molecular weight excluding hydrogens is 152 g/mol. The summed E-state index contributed by atoms with van der Waals surface area (Å²) < 4.78 is 8.19. The molecule has 0 spiro atoms. The van der Waals surface area contributed by atoms with Crippen LogP contribution < -0.4 is 110 Å². The Morgan fingerprint density at radius 3 is 1.20 bits per heavy atom. The first kappa shape index (κ1) is 23.0. The van der Waals surface area contributed by atoms with Crippen LogP contribution in [-0.2, 0) is 21.0 Å². The number of rotatable bonds is 0. The zero-order valence-corrected chi connectivity index (χ0v) is 12.4. The van der Waals surface area contributed by atoms with Gasteiger partial charge in [-0.3, -0.25) is 0 Å². The minimum absolute atomic E-state index is 0. The van der Waals surface area contributed by atoms with Crippen LogP contribution in [0.15, 0.2) is 0 Å². The van der Waals surface area contributed by atoms with Crippen LogP contribution in [-0.4, -0.2) is 0 Å². The van der Waals surface area contributed by atoms with Gasteiger partial charge in [0.1, 0.15) is 0 Å². The Bertz CT molecular complexity index is 17.2. The van der Waals surface area contributed by atoms with Crippen LogP contribution in [0, 0.1) is 0 Å². The van der Waals surface area contributed by atoms with Crippen LogP contribution in [0.3, 0.4) is 0 Å². The van der Waals surface area contributed by atoms with E-state index < -0.39 is 0 Å². The van der Waals surface area contributed by atoms with Crippen LogP contribution in [0.5, 0.6) is 0 Å². The van der Waals surface area contributed by atoms with Gasteiger partial charge in [0.25, 0.3) is 0 Å². The third-order valence-corrected chi connectivity index (χ3v) is 0. The molecule has 1 nitrogen and oxygen atoms in total. The third-order valence-electron chi connectivity index (χ3n) is 0. The van der Waals surface area contributed by atoms with Crippen molar-refractivity contribution in [2.75, 3.05) is 0 Å². The Morgan fingerprint density at radius 2 is 1.20 bits per heavy atom. The van der Waals surface area contributed by atoms with Gasteiger partial charge in [-0.05, 0) is 0 Å². The maximum absolute atomic E-state index is 8.19.